The molecule has 1 atom stereocenters. The zero-order chi connectivity index (χ0) is 18.1. The SMILES string of the molecule is COc1ccccc1N1CC(O)(c2ccc(F)cc2)[N+]2=C1CCCCC2. The molecule has 0 amide bonds. The predicted molar refractivity (Wildman–Crippen MR) is 99.2 cm³/mol. The molecule has 2 aliphatic rings. The number of para-hydroxylation sites is 2. The molecule has 5 heteroatoms. The average Bonchev–Trinajstić information content (AvgIpc) is 2.82. The van der Waals surface area contributed by atoms with Gasteiger partial charge < -0.3 is 9.84 Å². The molecular formula is C21H24FN2O2+. The number of hydrogen-bond donors (Lipinski definition) is 1. The third kappa shape index (κ3) is 2.76. The molecule has 136 valence electrons. The highest BCUT2D eigenvalue weighted by Crippen LogP contribution is 2.38. The van der Waals surface area contributed by atoms with Gasteiger partial charge >= 0.3 is 0 Å². The molecule has 1 N–H and O–H groups in total. The van der Waals surface area contributed by atoms with E-state index in [4.69, 9.17) is 4.74 Å². The summed E-state index contributed by atoms with van der Waals surface area (Å²) in [6.45, 7) is 1.18. The Balaban J connectivity index is 1.83. The van der Waals surface area contributed by atoms with Gasteiger partial charge in [0.2, 0.25) is 0 Å². The van der Waals surface area contributed by atoms with Crippen LogP contribution in [0.25, 0.3) is 0 Å². The minimum absolute atomic E-state index is 0.294. The summed E-state index contributed by atoms with van der Waals surface area (Å²) in [6, 6.07) is 14.1. The third-order valence-electron chi connectivity index (χ3n) is 5.41. The highest BCUT2D eigenvalue weighted by molar-refractivity contribution is 5.97. The zero-order valence-corrected chi connectivity index (χ0v) is 15.0. The molecule has 0 spiro atoms. The van der Waals surface area contributed by atoms with Crippen LogP contribution in [0, 0.1) is 5.82 Å². The zero-order valence-electron chi connectivity index (χ0n) is 15.0. The van der Waals surface area contributed by atoms with Gasteiger partial charge in [0.25, 0.3) is 11.6 Å². The lowest BCUT2D eigenvalue weighted by atomic mass is 10.0. The summed E-state index contributed by atoms with van der Waals surface area (Å²) in [7, 11) is 1.66. The summed E-state index contributed by atoms with van der Waals surface area (Å²) in [5, 5.41) is 11.7. The van der Waals surface area contributed by atoms with Crippen LogP contribution < -0.4 is 9.64 Å². The smallest absolute Gasteiger partial charge is 0.271 e. The lowest BCUT2D eigenvalue weighted by Gasteiger charge is -2.23. The summed E-state index contributed by atoms with van der Waals surface area (Å²) >= 11 is 0. The summed E-state index contributed by atoms with van der Waals surface area (Å²) in [6.07, 6.45) is 4.17. The molecule has 4 nitrogen and oxygen atoms in total. The molecule has 26 heavy (non-hydrogen) atoms. The molecule has 0 saturated carbocycles. The Labute approximate surface area is 153 Å². The van der Waals surface area contributed by atoms with E-state index in [1.54, 1.807) is 19.2 Å². The van der Waals surface area contributed by atoms with Crippen molar-refractivity contribution in [1.29, 1.82) is 0 Å². The van der Waals surface area contributed by atoms with Gasteiger partial charge in [-0.2, -0.15) is 0 Å². The van der Waals surface area contributed by atoms with Gasteiger partial charge in [0, 0.05) is 12.0 Å². The quantitative estimate of drug-likeness (QED) is 0.856. The third-order valence-corrected chi connectivity index (χ3v) is 5.41. The summed E-state index contributed by atoms with van der Waals surface area (Å²) in [5.41, 5.74) is 0.499. The van der Waals surface area contributed by atoms with E-state index in [9.17, 15) is 9.50 Å². The number of nitrogens with zero attached hydrogens (tertiary/aromatic N) is 2. The van der Waals surface area contributed by atoms with Crippen LogP contribution in [0.4, 0.5) is 10.1 Å². The van der Waals surface area contributed by atoms with Crippen molar-refractivity contribution in [2.24, 2.45) is 0 Å². The van der Waals surface area contributed by atoms with Gasteiger partial charge in [0.1, 0.15) is 5.82 Å². The lowest BCUT2D eigenvalue weighted by molar-refractivity contribution is -0.658. The van der Waals surface area contributed by atoms with Crippen molar-refractivity contribution in [3.63, 3.8) is 0 Å². The maximum Gasteiger partial charge on any atom is 0.271 e. The van der Waals surface area contributed by atoms with E-state index in [0.717, 1.165) is 55.1 Å². The number of rotatable bonds is 3. The van der Waals surface area contributed by atoms with Crippen LogP contribution in [0.3, 0.4) is 0 Å². The molecular weight excluding hydrogens is 331 g/mol. The average molecular weight is 355 g/mol. The van der Waals surface area contributed by atoms with Crippen molar-refractivity contribution >= 4 is 11.5 Å². The number of methoxy groups -OCH3 is 1. The molecule has 2 heterocycles. The molecule has 2 aromatic carbocycles. The number of benzene rings is 2. The predicted octanol–water partition coefficient (Wildman–Crippen LogP) is 3.48. The Morgan fingerprint density at radius 2 is 1.85 bits per heavy atom. The van der Waals surface area contributed by atoms with E-state index in [2.05, 4.69) is 9.48 Å². The molecule has 1 unspecified atom stereocenters. The summed E-state index contributed by atoms with van der Waals surface area (Å²) in [5.74, 6) is 1.60. The fourth-order valence-corrected chi connectivity index (χ4v) is 4.11. The van der Waals surface area contributed by atoms with E-state index < -0.39 is 5.72 Å². The number of ether oxygens (including phenoxy) is 1. The van der Waals surface area contributed by atoms with Crippen molar-refractivity contribution in [2.75, 3.05) is 25.1 Å². The number of β-amino-alcohol motifs (C(OH)–C–C–N with tert-alkyl or cyclic N) is 1. The van der Waals surface area contributed by atoms with Crippen molar-refractivity contribution in [2.45, 2.75) is 31.4 Å². The van der Waals surface area contributed by atoms with Gasteiger partial charge in [-0.15, -0.1) is 0 Å². The maximum absolute atomic E-state index is 13.4. The van der Waals surface area contributed by atoms with Crippen molar-refractivity contribution in [3.8, 4) is 5.75 Å². The van der Waals surface area contributed by atoms with E-state index >= 15 is 0 Å². The van der Waals surface area contributed by atoms with Crippen molar-refractivity contribution < 1.29 is 18.8 Å². The lowest BCUT2D eigenvalue weighted by Crippen LogP contribution is -2.41. The van der Waals surface area contributed by atoms with E-state index in [1.165, 1.54) is 12.1 Å². The Morgan fingerprint density at radius 1 is 1.08 bits per heavy atom. The first kappa shape index (κ1) is 17.0. The number of halogens is 1. The highest BCUT2D eigenvalue weighted by atomic mass is 19.1. The van der Waals surface area contributed by atoms with Gasteiger partial charge in [0.05, 0.1) is 13.7 Å². The second kappa shape index (κ2) is 6.72. The van der Waals surface area contributed by atoms with E-state index in [1.807, 2.05) is 24.3 Å². The van der Waals surface area contributed by atoms with Crippen molar-refractivity contribution in [3.05, 3.63) is 59.9 Å². The minimum atomic E-state index is -1.17. The molecule has 2 aromatic rings. The van der Waals surface area contributed by atoms with E-state index in [-0.39, 0.29) is 5.82 Å². The summed E-state index contributed by atoms with van der Waals surface area (Å²) in [4.78, 5) is 2.16. The monoisotopic (exact) mass is 355 g/mol. The molecule has 0 radical (unpaired) electrons. The number of aliphatic hydroxyl groups is 1. The fraction of sp³-hybridized carbons (Fsp3) is 0.381. The fourth-order valence-electron chi connectivity index (χ4n) is 4.11. The molecule has 0 aromatic heterocycles. The molecule has 0 fully saturated rings. The Morgan fingerprint density at radius 3 is 2.62 bits per heavy atom. The molecule has 2 aliphatic heterocycles. The van der Waals surface area contributed by atoms with Gasteiger partial charge in [-0.25, -0.2) is 13.9 Å². The maximum atomic E-state index is 13.4. The van der Waals surface area contributed by atoms with Crippen LogP contribution in [-0.4, -0.2) is 35.7 Å². The second-order valence-corrected chi connectivity index (χ2v) is 6.96. The van der Waals surface area contributed by atoms with Gasteiger partial charge in [0.15, 0.2) is 18.0 Å². The van der Waals surface area contributed by atoms with Gasteiger partial charge in [-0.3, -0.25) is 0 Å². The van der Waals surface area contributed by atoms with Crippen LogP contribution in [-0.2, 0) is 5.72 Å². The Kier molecular flexibility index (Phi) is 4.41. The van der Waals surface area contributed by atoms with Crippen LogP contribution in [0.1, 0.15) is 31.2 Å². The molecule has 0 aliphatic carbocycles. The minimum Gasteiger partial charge on any atom is -0.492 e. The number of amidine groups is 1. The normalized spacial score (nSPS) is 23.0. The number of hydrogen-bond acceptors (Lipinski definition) is 3. The molecule has 4 rings (SSSR count). The topological polar surface area (TPSA) is 35.7 Å². The van der Waals surface area contributed by atoms with Crippen LogP contribution >= 0.6 is 0 Å². The molecule has 0 bridgehead atoms. The highest BCUT2D eigenvalue weighted by Gasteiger charge is 2.52. The first-order valence-electron chi connectivity index (χ1n) is 9.16. The van der Waals surface area contributed by atoms with E-state index in [0.29, 0.717) is 6.54 Å². The standard InChI is InChI=1S/C21H24FN2O2/c1-26-19-8-5-4-7-18(19)23-15-21(25,16-10-12-17(22)13-11-16)24-14-6-2-3-9-20(23)24/h4-5,7-8,10-13,25H,2-3,6,9,14-15H2,1H3/q+1. The molecule has 0 saturated heterocycles. The van der Waals surface area contributed by atoms with Crippen LogP contribution in [0.2, 0.25) is 0 Å². The Hall–Kier alpha value is -2.40. The van der Waals surface area contributed by atoms with Crippen molar-refractivity contribution in [1.82, 2.24) is 0 Å². The van der Waals surface area contributed by atoms with Gasteiger partial charge in [-0.05, 0) is 55.7 Å². The largest absolute Gasteiger partial charge is 0.492 e. The first-order chi connectivity index (χ1) is 12.6. The first-order valence-corrected chi connectivity index (χ1v) is 9.16. The second-order valence-electron chi connectivity index (χ2n) is 6.96. The van der Waals surface area contributed by atoms with Crippen LogP contribution in [0.15, 0.2) is 48.5 Å². The Bertz CT molecular complexity index is 834. The summed E-state index contributed by atoms with van der Waals surface area (Å²) < 4.78 is 21.1. The van der Waals surface area contributed by atoms with Gasteiger partial charge in [-0.1, -0.05) is 12.1 Å². The van der Waals surface area contributed by atoms with Crippen LogP contribution in [0.5, 0.6) is 5.75 Å². The number of anilines is 1.